The van der Waals surface area contributed by atoms with Crippen LogP contribution in [0.5, 0.6) is 0 Å². The molecule has 0 aromatic rings. The van der Waals surface area contributed by atoms with Gasteiger partial charge in [0.2, 0.25) is 0 Å². The number of hydrogen-bond acceptors (Lipinski definition) is 0. The minimum atomic E-state index is 1.25. The molecule has 0 bridgehead atoms. The van der Waals surface area contributed by atoms with Gasteiger partial charge in [0.1, 0.15) is 0 Å². The van der Waals surface area contributed by atoms with Crippen LogP contribution in [0.2, 0.25) is 0 Å². The van der Waals surface area contributed by atoms with Crippen LogP contribution in [0.25, 0.3) is 0 Å². The summed E-state index contributed by atoms with van der Waals surface area (Å²) in [5, 5.41) is 0. The average Bonchev–Trinajstić information content (AvgIpc) is 2.92. The molecule has 0 amide bonds. The van der Waals surface area contributed by atoms with Gasteiger partial charge in [0.05, 0.1) is 0 Å². The monoisotopic (exact) mass is 170 g/mol. The Bertz CT molecular complexity index is 66.0. The Morgan fingerprint density at radius 1 is 0.667 bits per heavy atom. The maximum Gasteiger partial charge on any atom is -0.0380 e. The maximum absolute atomic E-state index is 2.18. The number of hydrogen-bond donors (Lipinski definition) is 0. The highest BCUT2D eigenvalue weighted by molar-refractivity contribution is 5.02. The van der Waals surface area contributed by atoms with Crippen LogP contribution < -0.4 is 0 Å². The van der Waals surface area contributed by atoms with E-state index in [1.165, 1.54) is 37.5 Å². The van der Waals surface area contributed by atoms with Gasteiger partial charge in [-0.3, -0.25) is 0 Å². The van der Waals surface area contributed by atoms with E-state index in [1.807, 2.05) is 0 Å². The lowest BCUT2D eigenvalue weighted by Crippen LogP contribution is -1.47. The molecule has 0 atom stereocenters. The molecule has 12 heavy (non-hydrogen) atoms. The lowest BCUT2D eigenvalue weighted by Gasteiger charge is -1.68. The van der Waals surface area contributed by atoms with Crippen molar-refractivity contribution in [2.45, 2.75) is 66.2 Å². The molecule has 0 radical (unpaired) electrons. The van der Waals surface area contributed by atoms with Crippen LogP contribution in [-0.4, -0.2) is 0 Å². The van der Waals surface area contributed by atoms with E-state index < -0.39 is 0 Å². The third-order valence-electron chi connectivity index (χ3n) is 2.47. The first-order valence-electron chi connectivity index (χ1n) is 5.79. The summed E-state index contributed by atoms with van der Waals surface area (Å²) >= 11 is 0. The van der Waals surface area contributed by atoms with E-state index in [-0.39, 0.29) is 0 Å². The zero-order valence-electron chi connectivity index (χ0n) is 9.40. The summed E-state index contributed by atoms with van der Waals surface area (Å²) in [4.78, 5) is 0. The Labute approximate surface area is 78.8 Å². The molecule has 0 aromatic carbocycles. The molecule has 0 aliphatic heterocycles. The molecule has 0 aromatic heterocycles. The van der Waals surface area contributed by atoms with Crippen molar-refractivity contribution in [3.8, 4) is 0 Å². The molecule has 2 aliphatic rings. The van der Waals surface area contributed by atoms with Gasteiger partial charge >= 0.3 is 0 Å². The summed E-state index contributed by atoms with van der Waals surface area (Å²) in [6, 6.07) is 0. The van der Waals surface area contributed by atoms with Crippen LogP contribution in [-0.2, 0) is 0 Å². The molecule has 0 unspecified atom stereocenters. The van der Waals surface area contributed by atoms with Gasteiger partial charge in [-0.2, -0.15) is 0 Å². The highest BCUT2D eigenvalue weighted by Crippen LogP contribution is 2.62. The number of unbranched alkanes of at least 4 members (excludes halogenated alkanes) is 2. The molecule has 74 valence electrons. The average molecular weight is 170 g/mol. The zero-order chi connectivity index (χ0) is 9.40. The first-order valence-corrected chi connectivity index (χ1v) is 5.79. The van der Waals surface area contributed by atoms with E-state index in [9.17, 15) is 0 Å². The smallest absolute Gasteiger partial charge is 0.0380 e. The Morgan fingerprint density at radius 3 is 0.833 bits per heavy atom. The van der Waals surface area contributed by atoms with E-state index >= 15 is 0 Å². The molecule has 0 saturated heterocycles. The molecule has 0 heterocycles. The normalized spacial score (nSPS) is 27.0. The van der Waals surface area contributed by atoms with Crippen molar-refractivity contribution in [1.29, 1.82) is 0 Å². The third kappa shape index (κ3) is 8.10. The van der Waals surface area contributed by atoms with Crippen molar-refractivity contribution in [2.24, 2.45) is 11.8 Å². The fourth-order valence-electron chi connectivity index (χ4n) is 0.552. The molecule has 0 heteroatoms. The number of fused-ring (bicyclic) bond motifs is 1. The predicted molar refractivity (Wildman–Crippen MR) is 57.4 cm³/mol. The van der Waals surface area contributed by atoms with Crippen molar-refractivity contribution in [1.82, 2.24) is 0 Å². The third-order valence-corrected chi connectivity index (χ3v) is 2.47. The van der Waals surface area contributed by atoms with E-state index in [1.54, 1.807) is 12.8 Å². The zero-order valence-corrected chi connectivity index (χ0v) is 9.40. The highest BCUT2D eigenvalue weighted by atomic mass is 14.6. The van der Waals surface area contributed by atoms with Gasteiger partial charge in [-0.1, -0.05) is 53.4 Å². The minimum absolute atomic E-state index is 1.25. The van der Waals surface area contributed by atoms with Gasteiger partial charge in [0.25, 0.3) is 0 Å². The van der Waals surface area contributed by atoms with Crippen molar-refractivity contribution in [2.75, 3.05) is 0 Å². The lowest BCUT2D eigenvalue weighted by molar-refractivity contribution is 0.886. The van der Waals surface area contributed by atoms with Crippen LogP contribution in [0.3, 0.4) is 0 Å². The second-order valence-electron chi connectivity index (χ2n) is 3.99. The molecule has 0 nitrogen and oxygen atoms in total. The first-order chi connectivity index (χ1) is 5.79. The van der Waals surface area contributed by atoms with Gasteiger partial charge in [0, 0.05) is 0 Å². The first kappa shape index (κ1) is 12.0. The second-order valence-corrected chi connectivity index (χ2v) is 3.99. The van der Waals surface area contributed by atoms with E-state index in [2.05, 4.69) is 27.7 Å². The summed E-state index contributed by atoms with van der Waals surface area (Å²) in [5.41, 5.74) is 0. The Kier molecular flexibility index (Phi) is 7.64. The quantitative estimate of drug-likeness (QED) is 0.566. The predicted octanol–water partition coefficient (Wildman–Crippen LogP) is 4.64. The van der Waals surface area contributed by atoms with Crippen LogP contribution in [0.15, 0.2) is 0 Å². The molecule has 0 N–H and O–H groups in total. The SMILES string of the molecule is C1C2CC12.CCCC.CCCC. The lowest BCUT2D eigenvalue weighted by atomic mass is 10.4. The number of rotatable bonds is 2. The molecule has 2 saturated carbocycles. The summed E-state index contributed by atoms with van der Waals surface area (Å²) in [7, 11) is 0. The summed E-state index contributed by atoms with van der Waals surface area (Å²) in [6.45, 7) is 8.72. The van der Waals surface area contributed by atoms with Gasteiger partial charge in [0.15, 0.2) is 0 Å². The molecule has 2 fully saturated rings. The summed E-state index contributed by atoms with van der Waals surface area (Å²) in [6.07, 6.45) is 8.44. The fourth-order valence-corrected chi connectivity index (χ4v) is 0.552. The Hall–Kier alpha value is 0. The van der Waals surface area contributed by atoms with Crippen LogP contribution in [0.4, 0.5) is 0 Å². The molecular weight excluding hydrogens is 144 g/mol. The highest BCUT2D eigenvalue weighted by Gasteiger charge is 2.52. The van der Waals surface area contributed by atoms with Crippen molar-refractivity contribution in [3.63, 3.8) is 0 Å². The van der Waals surface area contributed by atoms with Gasteiger partial charge in [-0.15, -0.1) is 0 Å². The maximum atomic E-state index is 2.18. The standard InChI is InChI=1S/C4H6.2C4H10/c1-3-2-4(1)3;2*1-3-4-2/h3-4H,1-2H2;2*3-4H2,1-2H3. The molecule has 2 aliphatic carbocycles. The van der Waals surface area contributed by atoms with E-state index in [0.29, 0.717) is 0 Å². The second kappa shape index (κ2) is 7.64. The topological polar surface area (TPSA) is 0 Å². The van der Waals surface area contributed by atoms with Crippen LogP contribution >= 0.6 is 0 Å². The van der Waals surface area contributed by atoms with Crippen molar-refractivity contribution < 1.29 is 0 Å². The Balaban J connectivity index is 0.000000151. The van der Waals surface area contributed by atoms with Crippen LogP contribution in [0, 0.1) is 11.8 Å². The summed E-state index contributed by atoms with van der Waals surface area (Å²) in [5.74, 6) is 2.50. The minimum Gasteiger partial charge on any atom is -0.0654 e. The fraction of sp³-hybridized carbons (Fsp3) is 1.00. The van der Waals surface area contributed by atoms with Crippen molar-refractivity contribution in [3.05, 3.63) is 0 Å². The molecule has 2 rings (SSSR count). The van der Waals surface area contributed by atoms with E-state index in [0.717, 1.165) is 0 Å². The van der Waals surface area contributed by atoms with Gasteiger partial charge in [-0.25, -0.2) is 0 Å². The van der Waals surface area contributed by atoms with Gasteiger partial charge in [-0.05, 0) is 24.7 Å². The molecular formula is C12H26. The van der Waals surface area contributed by atoms with Gasteiger partial charge < -0.3 is 0 Å². The van der Waals surface area contributed by atoms with Crippen molar-refractivity contribution >= 4 is 0 Å². The largest absolute Gasteiger partial charge is 0.0654 e. The van der Waals surface area contributed by atoms with E-state index in [4.69, 9.17) is 0 Å². The molecule has 0 spiro atoms. The summed E-state index contributed by atoms with van der Waals surface area (Å²) < 4.78 is 0. The Morgan fingerprint density at radius 2 is 0.833 bits per heavy atom. The van der Waals surface area contributed by atoms with Crippen LogP contribution in [0.1, 0.15) is 66.2 Å².